The molecule has 0 radical (unpaired) electrons. The molecule has 0 saturated heterocycles. The van der Waals surface area contributed by atoms with Gasteiger partial charge in [-0.1, -0.05) is 16.8 Å². The van der Waals surface area contributed by atoms with E-state index in [2.05, 4.69) is 45.5 Å². The van der Waals surface area contributed by atoms with E-state index in [4.69, 9.17) is 42.3 Å². The molecule has 0 bridgehead atoms. The molecular formula is C36H36ClN15O4. The standard InChI is InChI=1S/C36H36ClN15O4/c1-18-12-41-23(19(2)28(18)54-3)16-50-15-22(26-30(37)45-35(39)46-32(26)50)24-17-51(49-48-24)9-5-11-56-25-7-6-21-27(29(25)55-4)44-36(52-10-8-40-31(21)52)47-33(53)20-13-42-34(38)43-14-20/h6-7,12-15,17,40H,5,8-11,16H2,1-4H3,(H2,38,42,43)(H2,39,45,46). The number of nitrogens with two attached hydrogens (primary N) is 2. The van der Waals surface area contributed by atoms with E-state index in [-0.39, 0.29) is 28.2 Å². The number of methoxy groups -OCH3 is 2. The third-order valence-corrected chi connectivity index (χ3v) is 9.66. The summed E-state index contributed by atoms with van der Waals surface area (Å²) in [7, 11) is 3.19. The van der Waals surface area contributed by atoms with Crippen molar-refractivity contribution in [1.29, 1.82) is 0 Å². The van der Waals surface area contributed by atoms with Gasteiger partial charge >= 0.3 is 0 Å². The van der Waals surface area contributed by atoms with Crippen LogP contribution < -0.4 is 36.6 Å². The number of rotatable bonds is 11. The van der Waals surface area contributed by atoms with Gasteiger partial charge in [-0.05, 0) is 26.0 Å². The Labute approximate surface area is 323 Å². The monoisotopic (exact) mass is 777 g/mol. The Balaban J connectivity index is 1.01. The molecule has 0 aliphatic carbocycles. The number of nitrogens with zero attached hydrogens (tertiary/aromatic N) is 12. The number of hydrogen-bond donors (Lipinski definition) is 3. The predicted molar refractivity (Wildman–Crippen MR) is 207 cm³/mol. The van der Waals surface area contributed by atoms with Crippen molar-refractivity contribution in [2.45, 2.75) is 39.9 Å². The van der Waals surface area contributed by atoms with Crippen LogP contribution >= 0.6 is 11.6 Å². The molecule has 19 nitrogen and oxygen atoms in total. The van der Waals surface area contributed by atoms with E-state index in [1.54, 1.807) is 25.1 Å². The van der Waals surface area contributed by atoms with Gasteiger partial charge in [0.25, 0.3) is 5.91 Å². The number of anilines is 3. The van der Waals surface area contributed by atoms with E-state index < -0.39 is 5.91 Å². The van der Waals surface area contributed by atoms with Gasteiger partial charge in [0, 0.05) is 72.9 Å². The maximum absolute atomic E-state index is 13.0. The molecule has 8 rings (SSSR count). The number of carbonyl (C=O) groups is 1. The molecule has 56 heavy (non-hydrogen) atoms. The fourth-order valence-electron chi connectivity index (χ4n) is 6.75. The molecule has 1 aliphatic rings. The zero-order valence-corrected chi connectivity index (χ0v) is 31.6. The molecule has 0 unspecified atom stereocenters. The summed E-state index contributed by atoms with van der Waals surface area (Å²) < 4.78 is 23.1. The Morgan fingerprint density at radius 1 is 1.00 bits per heavy atom. The number of amides is 1. The first-order chi connectivity index (χ1) is 27.1. The smallest absolute Gasteiger partial charge is 0.283 e. The maximum atomic E-state index is 13.0. The minimum Gasteiger partial charge on any atom is -0.496 e. The van der Waals surface area contributed by atoms with E-state index in [0.29, 0.717) is 78.5 Å². The van der Waals surface area contributed by atoms with Crippen molar-refractivity contribution in [1.82, 2.24) is 54.0 Å². The van der Waals surface area contributed by atoms with Gasteiger partial charge < -0.3 is 35.6 Å². The van der Waals surface area contributed by atoms with Crippen LogP contribution in [0.15, 0.2) is 48.1 Å². The summed E-state index contributed by atoms with van der Waals surface area (Å²) in [5, 5.41) is 13.8. The van der Waals surface area contributed by atoms with Crippen molar-refractivity contribution in [3.63, 3.8) is 0 Å². The van der Waals surface area contributed by atoms with Gasteiger partial charge in [0.05, 0.1) is 50.2 Å². The van der Waals surface area contributed by atoms with Gasteiger partial charge in [0.2, 0.25) is 17.5 Å². The lowest BCUT2D eigenvalue weighted by molar-refractivity contribution is 0.0996. The number of benzene rings is 1. The van der Waals surface area contributed by atoms with Crippen molar-refractivity contribution < 1.29 is 19.0 Å². The lowest BCUT2D eigenvalue weighted by atomic mass is 10.1. The SMILES string of the molecule is COc1c(C)cnc(Cn2cc(-c3cn(CCCOc4ccc5c6n(c(=NC(=O)c7cnc(N)nc7)nc5c4OC)CCN6)nn3)c3c(Cl)nc(N)nc32)c1C. The van der Waals surface area contributed by atoms with Crippen molar-refractivity contribution in [3.8, 4) is 28.5 Å². The van der Waals surface area contributed by atoms with Crippen LogP contribution in [0.25, 0.3) is 33.2 Å². The zero-order valence-electron chi connectivity index (χ0n) is 30.8. The number of pyridine rings is 1. The highest BCUT2D eigenvalue weighted by Gasteiger charge is 2.23. The normalized spacial score (nSPS) is 12.6. The molecule has 0 saturated carbocycles. The lowest BCUT2D eigenvalue weighted by Gasteiger charge is -2.15. The molecule has 0 atom stereocenters. The molecule has 1 aromatic carbocycles. The van der Waals surface area contributed by atoms with E-state index in [1.807, 2.05) is 47.5 Å². The van der Waals surface area contributed by atoms with Crippen molar-refractivity contribution in [3.05, 3.63) is 76.3 Å². The Morgan fingerprint density at radius 2 is 1.80 bits per heavy atom. The molecule has 0 spiro atoms. The second-order valence-electron chi connectivity index (χ2n) is 12.9. The largest absolute Gasteiger partial charge is 0.496 e. The molecule has 7 heterocycles. The van der Waals surface area contributed by atoms with E-state index in [9.17, 15) is 4.79 Å². The number of halogens is 1. The van der Waals surface area contributed by atoms with Gasteiger partial charge in [-0.2, -0.15) is 9.98 Å². The number of aryl methyl sites for hydroxylation is 2. The highest BCUT2D eigenvalue weighted by Crippen LogP contribution is 2.38. The topological polar surface area (TPSA) is 239 Å². The zero-order chi connectivity index (χ0) is 39.1. The van der Waals surface area contributed by atoms with E-state index in [0.717, 1.165) is 33.8 Å². The predicted octanol–water partition coefficient (Wildman–Crippen LogP) is 3.36. The second kappa shape index (κ2) is 14.7. The van der Waals surface area contributed by atoms with E-state index >= 15 is 0 Å². The molecule has 6 aromatic heterocycles. The third-order valence-electron chi connectivity index (χ3n) is 9.39. The van der Waals surface area contributed by atoms with Crippen LogP contribution in [0.1, 0.15) is 33.6 Å². The van der Waals surface area contributed by atoms with Crippen LogP contribution in [-0.2, 0) is 19.6 Å². The minimum atomic E-state index is -0.552. The van der Waals surface area contributed by atoms with Gasteiger partial charge in [-0.25, -0.2) is 19.9 Å². The Morgan fingerprint density at radius 3 is 2.59 bits per heavy atom. The first-order valence-corrected chi connectivity index (χ1v) is 17.9. The Kier molecular flexibility index (Phi) is 9.50. The van der Waals surface area contributed by atoms with Crippen LogP contribution in [-0.4, -0.2) is 87.3 Å². The van der Waals surface area contributed by atoms with Crippen LogP contribution in [0.4, 0.5) is 17.7 Å². The van der Waals surface area contributed by atoms with Gasteiger partial charge in [-0.15, -0.1) is 5.10 Å². The molecule has 286 valence electrons. The Bertz CT molecular complexity index is 2730. The number of hydrogen-bond acceptors (Lipinski definition) is 15. The molecule has 0 fully saturated rings. The lowest BCUT2D eigenvalue weighted by Crippen LogP contribution is -2.25. The summed E-state index contributed by atoms with van der Waals surface area (Å²) in [6.07, 6.45) is 8.76. The van der Waals surface area contributed by atoms with Gasteiger partial charge in [-0.3, -0.25) is 19.0 Å². The summed E-state index contributed by atoms with van der Waals surface area (Å²) >= 11 is 6.65. The van der Waals surface area contributed by atoms with Crippen LogP contribution in [0.2, 0.25) is 5.15 Å². The molecule has 20 heteroatoms. The first-order valence-electron chi connectivity index (χ1n) is 17.5. The summed E-state index contributed by atoms with van der Waals surface area (Å²) in [6.45, 7) is 6.35. The highest BCUT2D eigenvalue weighted by molar-refractivity contribution is 6.35. The van der Waals surface area contributed by atoms with Crippen LogP contribution in [0.5, 0.6) is 17.2 Å². The number of fused-ring (bicyclic) bond motifs is 4. The second-order valence-corrected chi connectivity index (χ2v) is 13.3. The van der Waals surface area contributed by atoms with Crippen molar-refractivity contribution >= 4 is 57.2 Å². The maximum Gasteiger partial charge on any atom is 0.283 e. The average Bonchev–Trinajstić information content (AvgIpc) is 3.95. The van der Waals surface area contributed by atoms with Gasteiger partial charge in [0.1, 0.15) is 33.6 Å². The average molecular weight is 778 g/mol. The summed E-state index contributed by atoms with van der Waals surface area (Å²) in [4.78, 5) is 43.2. The number of aromatic nitrogens is 11. The Hall–Kier alpha value is -6.89. The van der Waals surface area contributed by atoms with Crippen molar-refractivity contribution in [2.75, 3.05) is 44.2 Å². The van der Waals surface area contributed by atoms with Crippen LogP contribution in [0.3, 0.4) is 0 Å². The molecule has 1 amide bonds. The number of carbonyl (C=O) groups excluding carboxylic acids is 1. The number of ether oxygens (including phenoxy) is 3. The summed E-state index contributed by atoms with van der Waals surface area (Å²) in [5.74, 6) is 2.00. The molecular weight excluding hydrogens is 742 g/mol. The minimum absolute atomic E-state index is 0.0527. The number of nitrogens with one attached hydrogen (secondary N) is 1. The molecule has 7 aromatic rings. The third kappa shape index (κ3) is 6.61. The van der Waals surface area contributed by atoms with Gasteiger partial charge in [0.15, 0.2) is 11.5 Å². The number of nitrogen functional groups attached to an aromatic ring is 2. The molecule has 5 N–H and O–H groups in total. The summed E-state index contributed by atoms with van der Waals surface area (Å²) in [5.41, 5.74) is 17.0. The summed E-state index contributed by atoms with van der Waals surface area (Å²) in [6, 6.07) is 3.74. The molecule has 1 aliphatic heterocycles. The first kappa shape index (κ1) is 36.1. The van der Waals surface area contributed by atoms with Crippen molar-refractivity contribution in [2.24, 2.45) is 4.99 Å². The quantitative estimate of drug-likeness (QED) is 0.126. The fourth-order valence-corrected chi connectivity index (χ4v) is 7.03. The fraction of sp³-hybridized carbons (Fsp3) is 0.278. The highest BCUT2D eigenvalue weighted by atomic mass is 35.5. The van der Waals surface area contributed by atoms with Crippen LogP contribution in [0, 0.1) is 13.8 Å². The van der Waals surface area contributed by atoms with E-state index in [1.165, 1.54) is 12.4 Å².